The van der Waals surface area contributed by atoms with Crippen LogP contribution in [0.25, 0.3) is 0 Å². The second kappa shape index (κ2) is 2.04. The van der Waals surface area contributed by atoms with Gasteiger partial charge in [-0.15, -0.1) is 0 Å². The molecule has 0 aromatic carbocycles. The molecule has 0 heterocycles. The van der Waals surface area contributed by atoms with E-state index >= 15 is 0 Å². The molecule has 0 aliphatic heterocycles. The number of hydrogen-bond donors (Lipinski definition) is 0. The molecular weight excluding hydrogens is 108 g/mol. The van der Waals surface area contributed by atoms with Gasteiger partial charge in [0.05, 0.1) is 0 Å². The third-order valence-corrected chi connectivity index (χ3v) is 1.99. The van der Waals surface area contributed by atoms with E-state index in [0.29, 0.717) is 0 Å². The van der Waals surface area contributed by atoms with Crippen LogP contribution in [0.4, 0.5) is 0 Å². The summed E-state index contributed by atoms with van der Waals surface area (Å²) in [5.41, 5.74) is 0. The van der Waals surface area contributed by atoms with Crippen LogP contribution in [0.15, 0.2) is 0 Å². The van der Waals surface area contributed by atoms with Crippen LogP contribution >= 0.6 is 0 Å². The normalized spacial score (nSPS) is 22.7. The molecule has 0 aromatic heterocycles. The van der Waals surface area contributed by atoms with Crippen molar-refractivity contribution in [3.8, 4) is 0 Å². The molecule has 0 N–H and O–H groups in total. The van der Waals surface area contributed by atoms with Gasteiger partial charge in [-0.05, 0) is 0 Å². The van der Waals surface area contributed by atoms with Gasteiger partial charge >= 0.3 is 49.5 Å². The van der Waals surface area contributed by atoms with Crippen molar-refractivity contribution in [2.45, 2.75) is 25.7 Å². The molecule has 0 aromatic rings. The first kappa shape index (κ1) is 4.74. The predicted molar refractivity (Wildman–Crippen MR) is 23.5 cm³/mol. The minimum atomic E-state index is 1.40. The van der Waals surface area contributed by atoms with Gasteiger partial charge in [0.2, 0.25) is 0 Å². The van der Waals surface area contributed by atoms with Crippen molar-refractivity contribution in [2.24, 2.45) is 0 Å². The minimum absolute atomic E-state index is 1.40. The van der Waals surface area contributed by atoms with Gasteiger partial charge in [-0.1, -0.05) is 0 Å². The van der Waals surface area contributed by atoms with Crippen molar-refractivity contribution in [3.05, 3.63) is 0 Å². The maximum absolute atomic E-state index is 2.26. The Morgan fingerprint density at radius 2 is 1.67 bits per heavy atom. The summed E-state index contributed by atoms with van der Waals surface area (Å²) in [5.74, 6) is 0. The Morgan fingerprint density at radius 3 is 1.83 bits per heavy atom. The van der Waals surface area contributed by atoms with Gasteiger partial charge in [-0.2, -0.15) is 0 Å². The Kier molecular flexibility index (Phi) is 1.61. The Hall–Kier alpha value is 0.584. The van der Waals surface area contributed by atoms with Crippen molar-refractivity contribution in [3.63, 3.8) is 0 Å². The van der Waals surface area contributed by atoms with Gasteiger partial charge in [0, 0.05) is 0 Å². The van der Waals surface area contributed by atoms with E-state index in [9.17, 15) is 0 Å². The standard InChI is InChI=1S/C5H8.Ti/c1-2-4-5-3-1;/h1-4H2;/q;+2. The summed E-state index contributed by atoms with van der Waals surface area (Å²) < 4.78 is 1.70. The van der Waals surface area contributed by atoms with Gasteiger partial charge in [0.15, 0.2) is 0 Å². The van der Waals surface area contributed by atoms with E-state index in [4.69, 9.17) is 0 Å². The SMILES string of the molecule is [Ti+2]=[C]1CCCC1. The van der Waals surface area contributed by atoms with Crippen LogP contribution in [-0.4, -0.2) is 3.81 Å². The fourth-order valence-corrected chi connectivity index (χ4v) is 1.35. The Bertz CT molecular complexity index is 58.3. The van der Waals surface area contributed by atoms with Gasteiger partial charge in [-0.25, -0.2) is 0 Å². The molecule has 1 aliphatic rings. The molecule has 0 saturated heterocycles. The molecule has 0 unspecified atom stereocenters. The molecule has 0 radical (unpaired) electrons. The third kappa shape index (κ3) is 1.02. The molecule has 1 aliphatic carbocycles. The molecule has 6 heavy (non-hydrogen) atoms. The van der Waals surface area contributed by atoms with E-state index < -0.39 is 0 Å². The summed E-state index contributed by atoms with van der Waals surface area (Å²) in [6, 6.07) is 0. The van der Waals surface area contributed by atoms with Gasteiger partial charge in [-0.3, -0.25) is 0 Å². The topological polar surface area (TPSA) is 0 Å². The first-order valence-electron chi connectivity index (χ1n) is 2.46. The maximum atomic E-state index is 2.26. The van der Waals surface area contributed by atoms with E-state index in [1.165, 1.54) is 25.7 Å². The molecule has 0 spiro atoms. The summed E-state index contributed by atoms with van der Waals surface area (Å²) in [6.45, 7) is 0. The molecule has 0 bridgehead atoms. The van der Waals surface area contributed by atoms with Crippen molar-refractivity contribution in [1.82, 2.24) is 0 Å². The first-order valence-corrected chi connectivity index (χ1v) is 3.24. The Balaban J connectivity index is 2.37. The summed E-state index contributed by atoms with van der Waals surface area (Å²) >= 11 is 2.26. The molecule has 30 valence electrons. The van der Waals surface area contributed by atoms with Crippen LogP contribution in [0.5, 0.6) is 0 Å². The van der Waals surface area contributed by atoms with Gasteiger partial charge < -0.3 is 0 Å². The van der Waals surface area contributed by atoms with Crippen molar-refractivity contribution >= 4 is 3.81 Å². The van der Waals surface area contributed by atoms with Gasteiger partial charge in [0.1, 0.15) is 0 Å². The molecule has 1 fully saturated rings. The average molecular weight is 116 g/mol. The summed E-state index contributed by atoms with van der Waals surface area (Å²) in [4.78, 5) is 0. The number of rotatable bonds is 0. The van der Waals surface area contributed by atoms with E-state index in [1.807, 2.05) is 0 Å². The van der Waals surface area contributed by atoms with E-state index in [1.54, 1.807) is 3.81 Å². The zero-order valence-corrected chi connectivity index (χ0v) is 5.39. The van der Waals surface area contributed by atoms with Crippen LogP contribution < -0.4 is 0 Å². The van der Waals surface area contributed by atoms with Crippen LogP contribution in [0, 0.1) is 0 Å². The van der Waals surface area contributed by atoms with Crippen LogP contribution in [0.2, 0.25) is 0 Å². The van der Waals surface area contributed by atoms with Crippen LogP contribution in [-0.2, 0) is 20.0 Å². The first-order chi connectivity index (χ1) is 2.89. The van der Waals surface area contributed by atoms with Crippen molar-refractivity contribution < 1.29 is 20.0 Å². The van der Waals surface area contributed by atoms with Crippen molar-refractivity contribution in [2.75, 3.05) is 0 Å². The van der Waals surface area contributed by atoms with Gasteiger partial charge in [0.25, 0.3) is 0 Å². The van der Waals surface area contributed by atoms with E-state index in [-0.39, 0.29) is 0 Å². The summed E-state index contributed by atoms with van der Waals surface area (Å²) in [7, 11) is 0. The molecule has 0 atom stereocenters. The predicted octanol–water partition coefficient (Wildman–Crippen LogP) is 1.28. The quantitative estimate of drug-likeness (QED) is 0.418. The molecule has 1 rings (SSSR count). The molecule has 1 saturated carbocycles. The molecular formula is C5H8Ti+2. The molecule has 0 nitrogen and oxygen atoms in total. The zero-order valence-electron chi connectivity index (χ0n) is 3.83. The van der Waals surface area contributed by atoms with Crippen LogP contribution in [0.1, 0.15) is 25.7 Å². The fraction of sp³-hybridized carbons (Fsp3) is 0.800. The summed E-state index contributed by atoms with van der Waals surface area (Å²) in [6.07, 6.45) is 5.71. The molecule has 0 amide bonds. The molecule has 1 heteroatoms. The zero-order chi connectivity index (χ0) is 4.41. The van der Waals surface area contributed by atoms with Crippen molar-refractivity contribution in [1.29, 1.82) is 0 Å². The van der Waals surface area contributed by atoms with E-state index in [2.05, 4.69) is 20.0 Å². The average Bonchev–Trinajstić information content (AvgIpc) is 1.86. The summed E-state index contributed by atoms with van der Waals surface area (Å²) in [5, 5.41) is 0. The second-order valence-electron chi connectivity index (χ2n) is 1.81. The van der Waals surface area contributed by atoms with E-state index in [0.717, 1.165) is 0 Å². The Morgan fingerprint density at radius 1 is 1.17 bits per heavy atom. The monoisotopic (exact) mass is 116 g/mol. The second-order valence-corrected chi connectivity index (χ2v) is 2.91. The number of hydrogen-bond acceptors (Lipinski definition) is 0. The fourth-order valence-electron chi connectivity index (χ4n) is 0.802. The Labute approximate surface area is 49.8 Å². The third-order valence-electron chi connectivity index (χ3n) is 1.21. The van der Waals surface area contributed by atoms with Crippen LogP contribution in [0.3, 0.4) is 0 Å².